The van der Waals surface area contributed by atoms with Gasteiger partial charge in [-0.25, -0.2) is 0 Å². The van der Waals surface area contributed by atoms with Gasteiger partial charge in [0.25, 0.3) is 0 Å². The summed E-state index contributed by atoms with van der Waals surface area (Å²) in [7, 11) is 1.73. The number of nitrogens with zero attached hydrogens (tertiary/aromatic N) is 1. The number of hydrogen-bond acceptors (Lipinski definition) is 3. The fourth-order valence-electron chi connectivity index (χ4n) is 4.17. The van der Waals surface area contributed by atoms with E-state index >= 15 is 0 Å². The zero-order valence-electron chi connectivity index (χ0n) is 11.8. The number of hydrogen-bond donors (Lipinski definition) is 1. The highest BCUT2D eigenvalue weighted by atomic mass is 16.5. The quantitative estimate of drug-likeness (QED) is 0.842. The topological polar surface area (TPSA) is 41.6 Å². The third-order valence-corrected chi connectivity index (χ3v) is 5.13. The maximum Gasteiger partial charge on any atom is 0.240 e. The van der Waals surface area contributed by atoms with Crippen LogP contribution in [0, 0.1) is 5.92 Å². The molecule has 4 aliphatic heterocycles. The molecule has 0 aliphatic carbocycles. The Kier molecular flexibility index (Phi) is 2.74. The van der Waals surface area contributed by atoms with Gasteiger partial charge in [-0.2, -0.15) is 0 Å². The molecule has 2 bridgehead atoms. The van der Waals surface area contributed by atoms with E-state index in [0.717, 1.165) is 38.1 Å². The molecule has 5 rings (SSSR count). The van der Waals surface area contributed by atoms with E-state index in [1.165, 1.54) is 11.1 Å². The van der Waals surface area contributed by atoms with Crippen LogP contribution in [0.3, 0.4) is 0 Å². The summed E-state index contributed by atoms with van der Waals surface area (Å²) in [5.74, 6) is 1.80. The van der Waals surface area contributed by atoms with E-state index in [0.29, 0.717) is 11.8 Å². The molecular formula is C16H20N2O2. The van der Waals surface area contributed by atoms with Gasteiger partial charge in [0.05, 0.1) is 19.2 Å². The summed E-state index contributed by atoms with van der Waals surface area (Å²) in [6, 6.07) is 6.55. The molecule has 106 valence electrons. The summed E-state index contributed by atoms with van der Waals surface area (Å²) in [6.07, 6.45) is 3.03. The molecule has 3 fully saturated rings. The van der Waals surface area contributed by atoms with E-state index in [9.17, 15) is 4.79 Å². The molecule has 0 radical (unpaired) electrons. The fourth-order valence-corrected chi connectivity index (χ4v) is 4.17. The van der Waals surface area contributed by atoms with Gasteiger partial charge in [0, 0.05) is 18.7 Å². The summed E-state index contributed by atoms with van der Waals surface area (Å²) in [4.78, 5) is 14.7. The lowest BCUT2D eigenvalue weighted by molar-refractivity contribution is -0.135. The van der Waals surface area contributed by atoms with E-state index in [-0.39, 0.29) is 12.1 Å². The largest absolute Gasteiger partial charge is 0.496 e. The Bertz CT molecular complexity index is 549. The van der Waals surface area contributed by atoms with E-state index in [4.69, 9.17) is 4.74 Å². The third kappa shape index (κ3) is 1.61. The number of nitrogens with one attached hydrogen (secondary N) is 1. The second kappa shape index (κ2) is 4.48. The first kappa shape index (κ1) is 12.2. The van der Waals surface area contributed by atoms with Crippen LogP contribution in [-0.2, 0) is 11.2 Å². The van der Waals surface area contributed by atoms with Gasteiger partial charge in [-0.05, 0) is 36.8 Å². The predicted octanol–water partition coefficient (Wildman–Crippen LogP) is 1.50. The molecular weight excluding hydrogens is 252 g/mol. The summed E-state index contributed by atoms with van der Waals surface area (Å²) >= 11 is 0. The minimum Gasteiger partial charge on any atom is -0.496 e. The standard InChI is InChI=1S/C16H20N2O2/c1-20-14-4-2-3-12-11(14)7-8-18-15(12)10-5-6-13(16(18)19)17-9-10/h2-4,10,13,15,17H,5-9H2,1H3. The molecule has 20 heavy (non-hydrogen) atoms. The summed E-state index contributed by atoms with van der Waals surface area (Å²) in [5, 5.41) is 3.42. The highest BCUT2D eigenvalue weighted by Crippen LogP contribution is 2.43. The maximum atomic E-state index is 12.6. The van der Waals surface area contributed by atoms with Gasteiger partial charge in [0.2, 0.25) is 5.91 Å². The molecule has 0 saturated carbocycles. The van der Waals surface area contributed by atoms with Crippen molar-refractivity contribution in [2.75, 3.05) is 20.2 Å². The van der Waals surface area contributed by atoms with Crippen LogP contribution in [0.2, 0.25) is 0 Å². The first-order chi connectivity index (χ1) is 9.79. The molecule has 4 nitrogen and oxygen atoms in total. The molecule has 4 heterocycles. The van der Waals surface area contributed by atoms with E-state index in [2.05, 4.69) is 22.3 Å². The monoisotopic (exact) mass is 272 g/mol. The molecule has 0 spiro atoms. The maximum absolute atomic E-state index is 12.6. The number of methoxy groups -OCH3 is 1. The summed E-state index contributed by atoms with van der Waals surface area (Å²) in [6.45, 7) is 1.78. The molecule has 1 N–H and O–H groups in total. The normalized spacial score (nSPS) is 31.6. The van der Waals surface area contributed by atoms with Crippen LogP contribution in [0.25, 0.3) is 0 Å². The minimum atomic E-state index is 0.0448. The molecule has 3 saturated heterocycles. The van der Waals surface area contributed by atoms with Crippen molar-refractivity contribution in [3.63, 3.8) is 0 Å². The number of piperidine rings is 1. The third-order valence-electron chi connectivity index (χ3n) is 5.13. The Hall–Kier alpha value is -1.55. The van der Waals surface area contributed by atoms with Crippen LogP contribution in [-0.4, -0.2) is 37.0 Å². The zero-order valence-corrected chi connectivity index (χ0v) is 11.8. The van der Waals surface area contributed by atoms with E-state index < -0.39 is 0 Å². The number of carbonyl (C=O) groups excluding carboxylic acids is 1. The van der Waals surface area contributed by atoms with E-state index in [1.54, 1.807) is 7.11 Å². The SMILES string of the molecule is COc1cccc2c1CCN1C(=O)C3CCC(CN3)C21. The van der Waals surface area contributed by atoms with Gasteiger partial charge < -0.3 is 15.0 Å². The van der Waals surface area contributed by atoms with Crippen molar-refractivity contribution in [2.24, 2.45) is 5.92 Å². The summed E-state index contributed by atoms with van der Waals surface area (Å²) in [5.41, 5.74) is 2.60. The Labute approximate surface area is 119 Å². The highest BCUT2D eigenvalue weighted by Gasteiger charge is 2.45. The molecule has 1 aromatic rings. The van der Waals surface area contributed by atoms with Crippen LogP contribution >= 0.6 is 0 Å². The van der Waals surface area contributed by atoms with E-state index in [1.807, 2.05) is 6.07 Å². The number of ether oxygens (including phenoxy) is 1. The first-order valence-corrected chi connectivity index (χ1v) is 7.49. The van der Waals surface area contributed by atoms with Crippen LogP contribution in [0.5, 0.6) is 5.75 Å². The number of rotatable bonds is 1. The number of amides is 1. The molecule has 3 unspecified atom stereocenters. The van der Waals surface area contributed by atoms with Crippen LogP contribution in [0.15, 0.2) is 18.2 Å². The number of fused-ring (bicyclic) bond motifs is 3. The molecule has 3 atom stereocenters. The Morgan fingerprint density at radius 3 is 3.00 bits per heavy atom. The first-order valence-electron chi connectivity index (χ1n) is 7.49. The smallest absolute Gasteiger partial charge is 0.240 e. The van der Waals surface area contributed by atoms with Gasteiger partial charge in [-0.1, -0.05) is 12.1 Å². The molecule has 0 aromatic heterocycles. The predicted molar refractivity (Wildman–Crippen MR) is 75.7 cm³/mol. The van der Waals surface area contributed by atoms with Gasteiger partial charge in [-0.3, -0.25) is 4.79 Å². The Balaban J connectivity index is 1.84. The lowest BCUT2D eigenvalue weighted by atomic mass is 9.82. The van der Waals surface area contributed by atoms with Crippen molar-refractivity contribution in [3.8, 4) is 5.75 Å². The van der Waals surface area contributed by atoms with Gasteiger partial charge >= 0.3 is 0 Å². The lowest BCUT2D eigenvalue weighted by Gasteiger charge is -2.39. The van der Waals surface area contributed by atoms with Crippen LogP contribution in [0.1, 0.15) is 30.0 Å². The Morgan fingerprint density at radius 1 is 1.35 bits per heavy atom. The Morgan fingerprint density at radius 2 is 2.25 bits per heavy atom. The van der Waals surface area contributed by atoms with Crippen LogP contribution < -0.4 is 10.1 Å². The summed E-state index contributed by atoms with van der Waals surface area (Å²) < 4.78 is 5.51. The van der Waals surface area contributed by atoms with Crippen molar-refractivity contribution >= 4 is 5.91 Å². The average molecular weight is 272 g/mol. The van der Waals surface area contributed by atoms with Crippen molar-refractivity contribution in [1.29, 1.82) is 0 Å². The van der Waals surface area contributed by atoms with Crippen molar-refractivity contribution in [1.82, 2.24) is 10.2 Å². The fraction of sp³-hybridized carbons (Fsp3) is 0.562. The van der Waals surface area contributed by atoms with Crippen LogP contribution in [0.4, 0.5) is 0 Å². The van der Waals surface area contributed by atoms with Gasteiger partial charge in [-0.15, -0.1) is 0 Å². The number of benzene rings is 1. The van der Waals surface area contributed by atoms with Crippen molar-refractivity contribution < 1.29 is 9.53 Å². The average Bonchev–Trinajstić information content (AvgIpc) is 2.73. The minimum absolute atomic E-state index is 0.0448. The lowest BCUT2D eigenvalue weighted by Crippen LogP contribution is -2.45. The van der Waals surface area contributed by atoms with Gasteiger partial charge in [0.15, 0.2) is 0 Å². The highest BCUT2D eigenvalue weighted by molar-refractivity contribution is 5.83. The molecule has 1 aromatic carbocycles. The zero-order chi connectivity index (χ0) is 13.7. The molecule has 1 amide bonds. The molecule has 4 aliphatic rings. The second-order valence-corrected chi connectivity index (χ2v) is 6.05. The molecule has 4 heteroatoms. The number of carbonyl (C=O) groups is 1. The second-order valence-electron chi connectivity index (χ2n) is 6.05. The van der Waals surface area contributed by atoms with Crippen molar-refractivity contribution in [2.45, 2.75) is 31.3 Å². The van der Waals surface area contributed by atoms with Crippen molar-refractivity contribution in [3.05, 3.63) is 29.3 Å². The van der Waals surface area contributed by atoms with Gasteiger partial charge in [0.1, 0.15) is 5.75 Å².